The van der Waals surface area contributed by atoms with Crippen molar-refractivity contribution < 1.29 is 14.4 Å². The molecule has 2 heterocycles. The van der Waals surface area contributed by atoms with Gasteiger partial charge in [-0.05, 0) is 40.8 Å². The Morgan fingerprint density at radius 2 is 1.78 bits per heavy atom. The number of hydrogen-bond acceptors (Lipinski definition) is 3. The Labute approximate surface area is 188 Å². The largest absolute Gasteiger partial charge is 0.338 e. The first kappa shape index (κ1) is 21.6. The molecule has 1 saturated heterocycles. The number of carbonyl (C=O) groups excluding carboxylic acids is 3. The lowest BCUT2D eigenvalue weighted by molar-refractivity contribution is -0.137. The molecule has 4 rings (SSSR count). The molecule has 2 aromatic carbocycles. The highest BCUT2D eigenvalue weighted by atomic mass is 16.2. The molecule has 1 N–H and O–H groups in total. The van der Waals surface area contributed by atoms with E-state index in [1.807, 2.05) is 57.2 Å². The van der Waals surface area contributed by atoms with Crippen LogP contribution in [-0.4, -0.2) is 53.2 Å². The zero-order chi connectivity index (χ0) is 23.0. The number of hydrogen-bond donors (Lipinski definition) is 1. The average Bonchev–Trinajstić information content (AvgIpc) is 2.87. The van der Waals surface area contributed by atoms with Gasteiger partial charge >= 0.3 is 0 Å². The number of nitrogens with one attached hydrogen (secondary N) is 1. The monoisotopic (exact) mass is 429 g/mol. The minimum atomic E-state index is -0.703. The molecule has 0 saturated carbocycles. The first-order chi connectivity index (χ1) is 15.2. The lowest BCUT2D eigenvalue weighted by Gasteiger charge is -2.40. The van der Waals surface area contributed by atoms with Gasteiger partial charge in [0.25, 0.3) is 5.91 Å². The van der Waals surface area contributed by atoms with E-state index in [1.54, 1.807) is 15.9 Å². The van der Waals surface area contributed by atoms with Crippen LogP contribution in [0.15, 0.2) is 42.5 Å². The molecule has 2 aliphatic heterocycles. The van der Waals surface area contributed by atoms with Gasteiger partial charge in [-0.3, -0.25) is 14.4 Å². The fourth-order valence-electron chi connectivity index (χ4n) is 4.18. The third-order valence-corrected chi connectivity index (χ3v) is 5.87. The quantitative estimate of drug-likeness (QED) is 0.744. The maximum Gasteiger partial charge on any atom is 0.256 e. The van der Waals surface area contributed by atoms with Crippen LogP contribution >= 0.6 is 0 Å². The number of fused-ring (bicyclic) bond motifs is 2. The first-order valence-electron chi connectivity index (χ1n) is 10.8. The van der Waals surface area contributed by atoms with E-state index in [4.69, 9.17) is 6.42 Å². The van der Waals surface area contributed by atoms with Crippen molar-refractivity contribution in [1.82, 2.24) is 9.80 Å². The standard InChI is InChI=1S/C26H27N3O3/c1-5-17-6-8-18(9-7-17)19-10-11-21-20(14-19)25(32)29-13-12-28(16-22(29)24(31)27-21)23(30)15-26(2,3)4/h1,6-11,14,22H,12-13,15-16H2,2-4H3,(H,27,31). The van der Waals surface area contributed by atoms with Crippen LogP contribution < -0.4 is 5.32 Å². The number of benzene rings is 2. The number of anilines is 1. The van der Waals surface area contributed by atoms with Crippen molar-refractivity contribution in [2.24, 2.45) is 5.41 Å². The first-order valence-corrected chi connectivity index (χ1v) is 10.8. The van der Waals surface area contributed by atoms with E-state index in [0.29, 0.717) is 30.8 Å². The number of carbonyl (C=O) groups is 3. The van der Waals surface area contributed by atoms with E-state index in [-0.39, 0.29) is 29.7 Å². The van der Waals surface area contributed by atoms with E-state index in [2.05, 4.69) is 11.2 Å². The molecule has 0 aliphatic carbocycles. The van der Waals surface area contributed by atoms with Crippen LogP contribution in [0.25, 0.3) is 11.1 Å². The van der Waals surface area contributed by atoms with Crippen molar-refractivity contribution in [2.75, 3.05) is 25.0 Å². The zero-order valence-corrected chi connectivity index (χ0v) is 18.6. The Morgan fingerprint density at radius 1 is 1.09 bits per heavy atom. The Bertz CT molecular complexity index is 1120. The maximum atomic E-state index is 13.4. The van der Waals surface area contributed by atoms with Crippen LogP contribution in [0, 0.1) is 17.8 Å². The van der Waals surface area contributed by atoms with Gasteiger partial charge in [-0.1, -0.05) is 44.9 Å². The van der Waals surface area contributed by atoms with E-state index in [9.17, 15) is 14.4 Å². The van der Waals surface area contributed by atoms with Crippen molar-refractivity contribution in [2.45, 2.75) is 33.2 Å². The van der Waals surface area contributed by atoms with Crippen LogP contribution in [0.2, 0.25) is 0 Å². The average molecular weight is 430 g/mol. The molecule has 1 atom stereocenters. The molecule has 32 heavy (non-hydrogen) atoms. The second kappa shape index (κ2) is 8.16. The summed E-state index contributed by atoms with van der Waals surface area (Å²) in [5.74, 6) is 2.14. The topological polar surface area (TPSA) is 69.7 Å². The van der Waals surface area contributed by atoms with Gasteiger partial charge in [-0.25, -0.2) is 0 Å². The van der Waals surface area contributed by atoms with Gasteiger partial charge in [0.1, 0.15) is 6.04 Å². The zero-order valence-electron chi connectivity index (χ0n) is 18.6. The summed E-state index contributed by atoms with van der Waals surface area (Å²) < 4.78 is 0. The number of rotatable bonds is 2. The van der Waals surface area contributed by atoms with Gasteiger partial charge in [0.15, 0.2) is 0 Å². The fourth-order valence-corrected chi connectivity index (χ4v) is 4.18. The van der Waals surface area contributed by atoms with E-state index in [0.717, 1.165) is 16.7 Å². The van der Waals surface area contributed by atoms with Gasteiger partial charge in [0.05, 0.1) is 17.8 Å². The summed E-state index contributed by atoms with van der Waals surface area (Å²) in [4.78, 5) is 42.4. The lowest BCUT2D eigenvalue weighted by atomic mass is 9.91. The van der Waals surface area contributed by atoms with Gasteiger partial charge in [0, 0.05) is 25.1 Å². The smallest absolute Gasteiger partial charge is 0.256 e. The molecule has 2 aliphatic rings. The molecule has 0 bridgehead atoms. The lowest BCUT2D eigenvalue weighted by Crippen LogP contribution is -2.59. The summed E-state index contributed by atoms with van der Waals surface area (Å²) in [5, 5.41) is 2.89. The Balaban J connectivity index is 1.60. The van der Waals surface area contributed by atoms with Gasteiger partial charge < -0.3 is 15.1 Å². The summed E-state index contributed by atoms with van der Waals surface area (Å²) in [7, 11) is 0. The fraction of sp³-hybridized carbons (Fsp3) is 0.346. The highest BCUT2D eigenvalue weighted by Gasteiger charge is 2.40. The van der Waals surface area contributed by atoms with Crippen LogP contribution in [0.4, 0.5) is 5.69 Å². The van der Waals surface area contributed by atoms with Crippen LogP contribution in [0.1, 0.15) is 43.1 Å². The molecule has 0 spiro atoms. The number of amides is 3. The highest BCUT2D eigenvalue weighted by Crippen LogP contribution is 2.31. The molecule has 6 nitrogen and oxygen atoms in total. The molecule has 1 fully saturated rings. The Kier molecular flexibility index (Phi) is 5.52. The maximum absolute atomic E-state index is 13.4. The summed E-state index contributed by atoms with van der Waals surface area (Å²) in [6.45, 7) is 6.99. The van der Waals surface area contributed by atoms with Crippen molar-refractivity contribution in [1.29, 1.82) is 0 Å². The summed E-state index contributed by atoms with van der Waals surface area (Å²) in [6, 6.07) is 12.3. The molecular formula is C26H27N3O3. The Morgan fingerprint density at radius 3 is 2.44 bits per heavy atom. The Hall–Kier alpha value is -3.59. The van der Waals surface area contributed by atoms with Crippen molar-refractivity contribution in [3.63, 3.8) is 0 Å². The van der Waals surface area contributed by atoms with Crippen molar-refractivity contribution in [3.05, 3.63) is 53.6 Å². The van der Waals surface area contributed by atoms with Crippen molar-refractivity contribution in [3.8, 4) is 23.5 Å². The molecule has 164 valence electrons. The third-order valence-electron chi connectivity index (χ3n) is 5.87. The second-order valence-electron chi connectivity index (χ2n) is 9.56. The molecule has 1 unspecified atom stereocenters. The molecule has 0 radical (unpaired) electrons. The molecular weight excluding hydrogens is 402 g/mol. The van der Waals surface area contributed by atoms with Gasteiger partial charge in [0.2, 0.25) is 11.8 Å². The normalized spacial score (nSPS) is 18.2. The molecule has 0 aromatic heterocycles. The third kappa shape index (κ3) is 4.24. The summed E-state index contributed by atoms with van der Waals surface area (Å²) in [5.41, 5.74) is 3.39. The minimum Gasteiger partial charge on any atom is -0.338 e. The predicted molar refractivity (Wildman–Crippen MR) is 124 cm³/mol. The highest BCUT2D eigenvalue weighted by molar-refractivity contribution is 6.10. The van der Waals surface area contributed by atoms with Gasteiger partial charge in [-0.2, -0.15) is 0 Å². The van der Waals surface area contributed by atoms with E-state index < -0.39 is 6.04 Å². The van der Waals surface area contributed by atoms with Gasteiger partial charge in [-0.15, -0.1) is 6.42 Å². The number of nitrogens with zero attached hydrogens (tertiary/aromatic N) is 2. The van der Waals surface area contributed by atoms with E-state index in [1.165, 1.54) is 0 Å². The summed E-state index contributed by atoms with van der Waals surface area (Å²) in [6.07, 6.45) is 5.83. The summed E-state index contributed by atoms with van der Waals surface area (Å²) >= 11 is 0. The number of piperazine rings is 1. The molecule has 3 amide bonds. The van der Waals surface area contributed by atoms with Crippen LogP contribution in [0.3, 0.4) is 0 Å². The molecule has 6 heteroatoms. The minimum absolute atomic E-state index is 0.0110. The predicted octanol–water partition coefficient (Wildman–Crippen LogP) is 3.38. The van der Waals surface area contributed by atoms with E-state index >= 15 is 0 Å². The van der Waals surface area contributed by atoms with Crippen LogP contribution in [0.5, 0.6) is 0 Å². The molecule has 2 aromatic rings. The number of terminal acetylenes is 1. The van der Waals surface area contributed by atoms with Crippen LogP contribution in [-0.2, 0) is 9.59 Å². The second-order valence-corrected chi connectivity index (χ2v) is 9.56. The van der Waals surface area contributed by atoms with Crippen molar-refractivity contribution >= 4 is 23.4 Å². The SMILES string of the molecule is C#Cc1ccc(-c2ccc3c(c2)C(=O)N2CCN(C(=O)CC(C)(C)C)CC2C(=O)N3)cc1.